The van der Waals surface area contributed by atoms with Gasteiger partial charge in [0.25, 0.3) is 0 Å². The van der Waals surface area contributed by atoms with Crippen molar-refractivity contribution in [2.45, 2.75) is 37.8 Å². The smallest absolute Gasteiger partial charge is 0.243 e. The zero-order chi connectivity index (χ0) is 22.5. The summed E-state index contributed by atoms with van der Waals surface area (Å²) in [6.45, 7) is 4.64. The summed E-state index contributed by atoms with van der Waals surface area (Å²) in [4.78, 5) is 4.86. The highest BCUT2D eigenvalue weighted by Crippen LogP contribution is 2.32. The molecule has 0 unspecified atom stereocenters. The van der Waals surface area contributed by atoms with Gasteiger partial charge in [-0.3, -0.25) is 5.10 Å². The molecular formula is C23H24FN5O2S. The maximum atomic E-state index is 13.6. The van der Waals surface area contributed by atoms with Crippen LogP contribution >= 0.6 is 0 Å². The summed E-state index contributed by atoms with van der Waals surface area (Å²) >= 11 is 0. The molecule has 9 heteroatoms. The molecule has 1 fully saturated rings. The zero-order valence-electron chi connectivity index (χ0n) is 17.9. The van der Waals surface area contributed by atoms with E-state index in [1.807, 2.05) is 37.5 Å². The number of aromatic nitrogens is 4. The van der Waals surface area contributed by atoms with Crippen LogP contribution in [0.15, 0.2) is 59.9 Å². The highest BCUT2D eigenvalue weighted by atomic mass is 32.2. The van der Waals surface area contributed by atoms with Crippen molar-refractivity contribution in [2.75, 3.05) is 6.54 Å². The average Bonchev–Trinajstić information content (AvgIpc) is 3.50. The van der Waals surface area contributed by atoms with Crippen molar-refractivity contribution in [3.63, 3.8) is 0 Å². The van der Waals surface area contributed by atoms with Gasteiger partial charge >= 0.3 is 0 Å². The van der Waals surface area contributed by atoms with Gasteiger partial charge in [-0.15, -0.1) is 0 Å². The average molecular weight is 454 g/mol. The monoisotopic (exact) mass is 453 g/mol. The van der Waals surface area contributed by atoms with Gasteiger partial charge in [-0.1, -0.05) is 0 Å². The van der Waals surface area contributed by atoms with E-state index in [1.165, 1.54) is 18.2 Å². The standard InChI is InChI=1S/C23H24FN5O2S/c1-15-9-19(3-4-20(15)24)32(30,31)29-14-17(10-16(29)2)13-28-8-7-22-23(28)6-5-21(27-22)18-11-25-26-12-18/h3-9,11-12,16-17H,10,13-14H2,1-2H3,(H,25,26)/t16-,17-/m1/s1. The Labute approximate surface area is 185 Å². The van der Waals surface area contributed by atoms with Crippen molar-refractivity contribution in [1.29, 1.82) is 0 Å². The third kappa shape index (κ3) is 3.61. The van der Waals surface area contributed by atoms with Gasteiger partial charge in [0.15, 0.2) is 0 Å². The molecule has 1 saturated heterocycles. The number of fused-ring (bicyclic) bond motifs is 1. The zero-order valence-corrected chi connectivity index (χ0v) is 18.7. The number of rotatable bonds is 5. The second-order valence-electron chi connectivity index (χ2n) is 8.49. The third-order valence-electron chi connectivity index (χ3n) is 6.21. The summed E-state index contributed by atoms with van der Waals surface area (Å²) in [6.07, 6.45) is 6.31. The van der Waals surface area contributed by atoms with E-state index in [0.29, 0.717) is 18.7 Å². The maximum Gasteiger partial charge on any atom is 0.243 e. The molecular weight excluding hydrogens is 429 g/mol. The Morgan fingerprint density at radius 1 is 1.22 bits per heavy atom. The molecule has 0 spiro atoms. The van der Waals surface area contributed by atoms with Gasteiger partial charge in [0.1, 0.15) is 5.82 Å². The normalized spacial score (nSPS) is 19.7. The number of benzene rings is 1. The van der Waals surface area contributed by atoms with E-state index in [0.717, 1.165) is 28.7 Å². The molecule has 2 atom stereocenters. The molecule has 4 heterocycles. The number of halogens is 1. The first-order chi connectivity index (χ1) is 15.3. The van der Waals surface area contributed by atoms with Crippen molar-refractivity contribution in [3.8, 4) is 11.3 Å². The summed E-state index contributed by atoms with van der Waals surface area (Å²) in [5, 5.41) is 6.77. The number of aryl methyl sites for hydroxylation is 1. The first-order valence-electron chi connectivity index (χ1n) is 10.6. The lowest BCUT2D eigenvalue weighted by Gasteiger charge is -2.21. The van der Waals surface area contributed by atoms with Crippen molar-refractivity contribution in [1.82, 2.24) is 24.1 Å². The van der Waals surface area contributed by atoms with Crippen LogP contribution in [0.25, 0.3) is 22.3 Å². The summed E-state index contributed by atoms with van der Waals surface area (Å²) < 4.78 is 43.7. The second kappa shape index (κ2) is 7.83. The number of aromatic amines is 1. The molecule has 1 aliphatic rings. The first-order valence-corrected chi connectivity index (χ1v) is 12.0. The van der Waals surface area contributed by atoms with Gasteiger partial charge in [0.05, 0.1) is 27.8 Å². The summed E-state index contributed by atoms with van der Waals surface area (Å²) in [6, 6.07) is 9.84. The van der Waals surface area contributed by atoms with E-state index in [-0.39, 0.29) is 16.9 Å². The molecule has 1 aromatic carbocycles. The Bertz CT molecular complexity index is 1380. The Morgan fingerprint density at radius 3 is 2.81 bits per heavy atom. The number of sulfonamides is 1. The molecule has 3 aromatic heterocycles. The SMILES string of the molecule is Cc1cc(S(=O)(=O)N2C[C@@H](Cn3ccc4nc(-c5cn[nH]c5)ccc43)C[C@H]2C)ccc1F. The van der Waals surface area contributed by atoms with E-state index in [2.05, 4.69) is 14.8 Å². The van der Waals surface area contributed by atoms with Crippen LogP contribution in [0.3, 0.4) is 0 Å². The Kier molecular flexibility index (Phi) is 5.10. The van der Waals surface area contributed by atoms with Crippen molar-refractivity contribution < 1.29 is 12.8 Å². The quantitative estimate of drug-likeness (QED) is 0.496. The molecule has 7 nitrogen and oxygen atoms in total. The summed E-state index contributed by atoms with van der Waals surface area (Å²) in [7, 11) is -3.68. The Balaban J connectivity index is 1.36. The number of hydrogen-bond acceptors (Lipinski definition) is 4. The lowest BCUT2D eigenvalue weighted by atomic mass is 10.1. The molecule has 1 N–H and O–H groups in total. The van der Waals surface area contributed by atoms with Crippen molar-refractivity contribution in [3.05, 3.63) is 66.4 Å². The van der Waals surface area contributed by atoms with Gasteiger partial charge in [-0.05, 0) is 68.1 Å². The van der Waals surface area contributed by atoms with Crippen LogP contribution in [-0.2, 0) is 16.6 Å². The van der Waals surface area contributed by atoms with Crippen LogP contribution in [-0.4, -0.2) is 45.1 Å². The predicted molar refractivity (Wildman–Crippen MR) is 120 cm³/mol. The molecule has 0 saturated carbocycles. The van der Waals surface area contributed by atoms with Gasteiger partial charge < -0.3 is 4.57 Å². The number of pyridine rings is 1. The topological polar surface area (TPSA) is 83.9 Å². The molecule has 1 aliphatic heterocycles. The van der Waals surface area contributed by atoms with Crippen molar-refractivity contribution >= 4 is 21.1 Å². The maximum absolute atomic E-state index is 13.6. The highest BCUT2D eigenvalue weighted by molar-refractivity contribution is 7.89. The van der Waals surface area contributed by atoms with Crippen LogP contribution < -0.4 is 0 Å². The fraction of sp³-hybridized carbons (Fsp3) is 0.304. The van der Waals surface area contributed by atoms with Crippen LogP contribution in [0.4, 0.5) is 4.39 Å². The number of hydrogen-bond donors (Lipinski definition) is 1. The first kappa shape index (κ1) is 20.8. The number of nitrogens with zero attached hydrogens (tertiary/aromatic N) is 4. The molecule has 0 bridgehead atoms. The Hall–Kier alpha value is -3.04. The van der Waals surface area contributed by atoms with Crippen LogP contribution in [0.1, 0.15) is 18.9 Å². The van der Waals surface area contributed by atoms with Gasteiger partial charge in [0.2, 0.25) is 10.0 Å². The van der Waals surface area contributed by atoms with Crippen molar-refractivity contribution in [2.24, 2.45) is 5.92 Å². The fourth-order valence-corrected chi connectivity index (χ4v) is 6.36. The molecule has 0 radical (unpaired) electrons. The molecule has 4 aromatic rings. The molecule has 32 heavy (non-hydrogen) atoms. The molecule has 166 valence electrons. The minimum atomic E-state index is -3.68. The lowest BCUT2D eigenvalue weighted by molar-refractivity contribution is 0.399. The molecule has 0 amide bonds. The van der Waals surface area contributed by atoms with Crippen LogP contribution in [0.5, 0.6) is 0 Å². The number of nitrogens with one attached hydrogen (secondary N) is 1. The largest absolute Gasteiger partial charge is 0.346 e. The Morgan fingerprint density at radius 2 is 2.06 bits per heavy atom. The number of H-pyrrole nitrogens is 1. The summed E-state index contributed by atoms with van der Waals surface area (Å²) in [5.74, 6) is -0.231. The van der Waals surface area contributed by atoms with Crippen LogP contribution in [0, 0.1) is 18.7 Å². The van der Waals surface area contributed by atoms with E-state index in [1.54, 1.807) is 17.4 Å². The van der Waals surface area contributed by atoms with Crippen LogP contribution in [0.2, 0.25) is 0 Å². The minimum Gasteiger partial charge on any atom is -0.346 e. The molecule has 0 aliphatic carbocycles. The van der Waals surface area contributed by atoms with Gasteiger partial charge in [0, 0.05) is 37.1 Å². The summed E-state index contributed by atoms with van der Waals surface area (Å²) in [5.41, 5.74) is 4.02. The predicted octanol–water partition coefficient (Wildman–Crippen LogP) is 3.97. The van der Waals surface area contributed by atoms with E-state index >= 15 is 0 Å². The van der Waals surface area contributed by atoms with E-state index in [9.17, 15) is 12.8 Å². The highest BCUT2D eigenvalue weighted by Gasteiger charge is 2.38. The molecule has 5 rings (SSSR count). The third-order valence-corrected chi connectivity index (χ3v) is 8.19. The van der Waals surface area contributed by atoms with Gasteiger partial charge in [-0.2, -0.15) is 9.40 Å². The van der Waals surface area contributed by atoms with E-state index < -0.39 is 15.8 Å². The fourth-order valence-electron chi connectivity index (χ4n) is 4.55. The van der Waals surface area contributed by atoms with E-state index in [4.69, 9.17) is 4.98 Å². The lowest BCUT2D eigenvalue weighted by Crippen LogP contribution is -2.34. The second-order valence-corrected chi connectivity index (χ2v) is 10.4. The minimum absolute atomic E-state index is 0.122. The van der Waals surface area contributed by atoms with Gasteiger partial charge in [-0.25, -0.2) is 17.8 Å².